The van der Waals surface area contributed by atoms with Crippen molar-refractivity contribution in [3.05, 3.63) is 200 Å². The van der Waals surface area contributed by atoms with Crippen LogP contribution in [0, 0.1) is 0 Å². The second-order valence-corrected chi connectivity index (χ2v) is 13.6. The third-order valence-electron chi connectivity index (χ3n) is 9.51. The number of hydrogen-bond acceptors (Lipinski definition) is 2. The lowest BCUT2D eigenvalue weighted by atomic mass is 9.96. The van der Waals surface area contributed by atoms with E-state index in [0.29, 0.717) is 0 Å². The van der Waals surface area contributed by atoms with Crippen molar-refractivity contribution in [2.75, 3.05) is 4.90 Å². The zero-order valence-corrected chi connectivity index (χ0v) is 28.2. The molecule has 8 aromatic carbocycles. The van der Waals surface area contributed by atoms with E-state index in [1.54, 1.807) is 0 Å². The predicted octanol–water partition coefficient (Wildman–Crippen LogP) is 14.2. The van der Waals surface area contributed by atoms with Crippen molar-refractivity contribution >= 4 is 48.6 Å². The van der Waals surface area contributed by atoms with Crippen LogP contribution < -0.4 is 4.90 Å². The highest BCUT2D eigenvalue weighted by molar-refractivity contribution is 7.26. The van der Waals surface area contributed by atoms with E-state index in [0.717, 1.165) is 17.1 Å². The summed E-state index contributed by atoms with van der Waals surface area (Å²) in [4.78, 5) is 2.41. The molecule has 0 unspecified atom stereocenters. The normalized spacial score (nSPS) is 11.2. The number of anilines is 3. The molecule has 9 aromatic rings. The Morgan fingerprint density at radius 2 is 0.720 bits per heavy atom. The molecule has 0 aliphatic carbocycles. The van der Waals surface area contributed by atoms with Gasteiger partial charge in [-0.1, -0.05) is 164 Å². The lowest BCUT2D eigenvalue weighted by molar-refractivity contribution is 1.29. The number of fused-ring (bicyclic) bond motifs is 3. The minimum Gasteiger partial charge on any atom is -0.310 e. The fraction of sp³-hybridized carbons (Fsp3) is 0. The molecule has 1 heterocycles. The maximum Gasteiger partial charge on any atom is 0.0554 e. The number of nitrogens with zero attached hydrogens (tertiary/aromatic N) is 1. The summed E-state index contributed by atoms with van der Waals surface area (Å²) in [6.07, 6.45) is 0. The lowest BCUT2D eigenvalue weighted by Crippen LogP contribution is -2.11. The van der Waals surface area contributed by atoms with Gasteiger partial charge in [0.05, 0.1) is 5.69 Å². The van der Waals surface area contributed by atoms with Gasteiger partial charge in [0.2, 0.25) is 0 Å². The van der Waals surface area contributed by atoms with Crippen LogP contribution in [0.5, 0.6) is 0 Å². The third-order valence-corrected chi connectivity index (χ3v) is 10.7. The molecule has 0 aliphatic heterocycles. The zero-order valence-electron chi connectivity index (χ0n) is 27.4. The van der Waals surface area contributed by atoms with Crippen LogP contribution in [0.15, 0.2) is 200 Å². The second kappa shape index (κ2) is 13.0. The second-order valence-electron chi connectivity index (χ2n) is 12.5. The summed E-state index contributed by atoms with van der Waals surface area (Å²) < 4.78 is 2.60. The molecule has 0 spiro atoms. The fourth-order valence-corrected chi connectivity index (χ4v) is 8.26. The number of hydrogen-bond donors (Lipinski definition) is 0. The molecule has 0 fully saturated rings. The molecule has 50 heavy (non-hydrogen) atoms. The van der Waals surface area contributed by atoms with Crippen molar-refractivity contribution < 1.29 is 0 Å². The SMILES string of the molecule is c1ccc(-c2ccc(-c3ccc(N(c4ccccc4)c4ccc5c(sc6ccccc65)c4-c4ccc(-c5ccccc5)cc4)cc3)cc2)cc1. The van der Waals surface area contributed by atoms with Crippen LogP contribution in [0.3, 0.4) is 0 Å². The van der Waals surface area contributed by atoms with Gasteiger partial charge >= 0.3 is 0 Å². The number of para-hydroxylation sites is 1. The first-order chi connectivity index (χ1) is 24.8. The molecule has 2 heteroatoms. The lowest BCUT2D eigenvalue weighted by Gasteiger charge is -2.28. The van der Waals surface area contributed by atoms with Crippen molar-refractivity contribution in [2.24, 2.45) is 0 Å². The van der Waals surface area contributed by atoms with Gasteiger partial charge in [0.15, 0.2) is 0 Å². The third kappa shape index (κ3) is 5.56. The van der Waals surface area contributed by atoms with Gasteiger partial charge in [-0.2, -0.15) is 0 Å². The van der Waals surface area contributed by atoms with E-state index in [-0.39, 0.29) is 0 Å². The highest BCUT2D eigenvalue weighted by Gasteiger charge is 2.21. The average molecular weight is 656 g/mol. The highest BCUT2D eigenvalue weighted by atomic mass is 32.1. The summed E-state index contributed by atoms with van der Waals surface area (Å²) in [5.41, 5.74) is 13.1. The Morgan fingerprint density at radius 1 is 0.300 bits per heavy atom. The van der Waals surface area contributed by atoms with Gasteiger partial charge in [-0.3, -0.25) is 0 Å². The maximum absolute atomic E-state index is 2.41. The molecule has 236 valence electrons. The molecule has 9 rings (SSSR count). The maximum atomic E-state index is 2.41. The molecule has 1 aromatic heterocycles. The van der Waals surface area contributed by atoms with Crippen LogP contribution in [0.2, 0.25) is 0 Å². The first-order valence-corrected chi connectivity index (χ1v) is 17.8. The molecule has 0 aliphatic rings. The monoisotopic (exact) mass is 655 g/mol. The Balaban J connectivity index is 1.18. The topological polar surface area (TPSA) is 3.24 Å². The number of benzene rings is 8. The molecule has 0 N–H and O–H groups in total. The Labute approximate surface area is 297 Å². The first-order valence-electron chi connectivity index (χ1n) is 17.0. The minimum atomic E-state index is 1.11. The summed E-state index contributed by atoms with van der Waals surface area (Å²) in [5.74, 6) is 0. The van der Waals surface area contributed by atoms with Gasteiger partial charge in [0.25, 0.3) is 0 Å². The van der Waals surface area contributed by atoms with Crippen LogP contribution in [-0.4, -0.2) is 0 Å². The molecule has 1 nitrogen and oxygen atoms in total. The highest BCUT2D eigenvalue weighted by Crippen LogP contribution is 2.48. The number of thiophene rings is 1. The molecule has 0 atom stereocenters. The van der Waals surface area contributed by atoms with Crippen LogP contribution in [0.1, 0.15) is 0 Å². The average Bonchev–Trinajstić information content (AvgIpc) is 3.58. The van der Waals surface area contributed by atoms with Crippen LogP contribution in [-0.2, 0) is 0 Å². The zero-order chi connectivity index (χ0) is 33.3. The van der Waals surface area contributed by atoms with Crippen molar-refractivity contribution in [3.63, 3.8) is 0 Å². The van der Waals surface area contributed by atoms with E-state index in [1.165, 1.54) is 64.7 Å². The molecule has 0 amide bonds. The van der Waals surface area contributed by atoms with E-state index in [2.05, 4.69) is 205 Å². The van der Waals surface area contributed by atoms with Crippen LogP contribution >= 0.6 is 11.3 Å². The molecule has 0 radical (unpaired) electrons. The van der Waals surface area contributed by atoms with Gasteiger partial charge in [-0.25, -0.2) is 0 Å². The summed E-state index contributed by atoms with van der Waals surface area (Å²) in [6, 6.07) is 72.2. The van der Waals surface area contributed by atoms with Crippen LogP contribution in [0.4, 0.5) is 17.1 Å². The van der Waals surface area contributed by atoms with Crippen molar-refractivity contribution in [2.45, 2.75) is 0 Å². The predicted molar refractivity (Wildman–Crippen MR) is 216 cm³/mol. The first kappa shape index (κ1) is 29.9. The summed E-state index contributed by atoms with van der Waals surface area (Å²) in [7, 11) is 0. The molecule has 0 saturated heterocycles. The quantitative estimate of drug-likeness (QED) is 0.165. The van der Waals surface area contributed by atoms with E-state index in [4.69, 9.17) is 0 Å². The van der Waals surface area contributed by atoms with Gasteiger partial charge < -0.3 is 4.90 Å². The Hall–Kier alpha value is -6.22. The Kier molecular flexibility index (Phi) is 7.77. The minimum absolute atomic E-state index is 1.11. The van der Waals surface area contributed by atoms with Crippen LogP contribution in [0.25, 0.3) is 64.7 Å². The fourth-order valence-electron chi connectivity index (χ4n) is 7.00. The van der Waals surface area contributed by atoms with Gasteiger partial charge in [0.1, 0.15) is 0 Å². The van der Waals surface area contributed by atoms with E-state index in [9.17, 15) is 0 Å². The van der Waals surface area contributed by atoms with E-state index >= 15 is 0 Å². The largest absolute Gasteiger partial charge is 0.310 e. The molecular formula is C48H33NS. The molecule has 0 bridgehead atoms. The molecule has 0 saturated carbocycles. The standard InChI is InChI=1S/C48H33NS/c1-4-12-34(13-5-1)36-20-22-38(23-21-36)39-28-30-42(31-29-39)49(41-16-8-3-9-17-41)45-33-32-44-43-18-10-11-19-46(43)50-48(44)47(45)40-26-24-37(25-27-40)35-14-6-2-7-15-35/h1-33H. The van der Waals surface area contributed by atoms with Gasteiger partial charge in [-0.05, 0) is 75.3 Å². The molecular weight excluding hydrogens is 623 g/mol. The van der Waals surface area contributed by atoms with Crippen molar-refractivity contribution in [3.8, 4) is 44.5 Å². The van der Waals surface area contributed by atoms with Crippen molar-refractivity contribution in [1.82, 2.24) is 0 Å². The van der Waals surface area contributed by atoms with Crippen molar-refractivity contribution in [1.29, 1.82) is 0 Å². The summed E-state index contributed by atoms with van der Waals surface area (Å²) in [5, 5.41) is 2.59. The van der Waals surface area contributed by atoms with Gasteiger partial charge in [-0.15, -0.1) is 11.3 Å². The Morgan fingerprint density at radius 3 is 1.28 bits per heavy atom. The van der Waals surface area contributed by atoms with E-state index in [1.807, 2.05) is 11.3 Å². The summed E-state index contributed by atoms with van der Waals surface area (Å²) >= 11 is 1.88. The Bertz CT molecular complexity index is 2530. The smallest absolute Gasteiger partial charge is 0.0554 e. The summed E-state index contributed by atoms with van der Waals surface area (Å²) in [6.45, 7) is 0. The van der Waals surface area contributed by atoms with Gasteiger partial charge in [0, 0.05) is 37.1 Å². The number of rotatable bonds is 7. The van der Waals surface area contributed by atoms with E-state index < -0.39 is 0 Å².